The number of anilines is 1. The summed E-state index contributed by atoms with van der Waals surface area (Å²) in [5.41, 5.74) is 0.586. The van der Waals surface area contributed by atoms with E-state index in [9.17, 15) is 20.0 Å². The fourth-order valence-corrected chi connectivity index (χ4v) is 2.75. The highest BCUT2D eigenvalue weighted by Gasteiger charge is 2.33. The molecule has 21 heavy (non-hydrogen) atoms. The van der Waals surface area contributed by atoms with E-state index in [0.717, 1.165) is 12.8 Å². The maximum absolute atomic E-state index is 11.2. The Bertz CT molecular complexity index is 713. The van der Waals surface area contributed by atoms with Crippen molar-refractivity contribution >= 4 is 28.4 Å². The van der Waals surface area contributed by atoms with Gasteiger partial charge in [0.15, 0.2) is 5.52 Å². The summed E-state index contributed by atoms with van der Waals surface area (Å²) < 4.78 is 4.57. The van der Waals surface area contributed by atoms with Crippen LogP contribution in [-0.2, 0) is 4.79 Å². The van der Waals surface area contributed by atoms with Gasteiger partial charge in [-0.2, -0.15) is 0 Å². The summed E-state index contributed by atoms with van der Waals surface area (Å²) in [5.74, 6) is -1.32. The molecular formula is C12H12N4O5. The molecule has 0 amide bonds. The van der Waals surface area contributed by atoms with E-state index in [4.69, 9.17) is 0 Å². The van der Waals surface area contributed by atoms with Crippen LogP contribution in [0.4, 0.5) is 11.4 Å². The largest absolute Gasteiger partial charge is 0.481 e. The topological polar surface area (TPSA) is 131 Å². The van der Waals surface area contributed by atoms with Gasteiger partial charge in [-0.15, -0.1) is 0 Å². The number of aliphatic carboxylic acids is 1. The minimum absolute atomic E-state index is 0.0508. The highest BCUT2D eigenvalue weighted by Crippen LogP contribution is 2.33. The molecule has 9 heteroatoms. The lowest BCUT2D eigenvalue weighted by Gasteiger charge is -2.18. The first-order chi connectivity index (χ1) is 10.1. The van der Waals surface area contributed by atoms with E-state index in [2.05, 4.69) is 20.3 Å². The molecule has 1 aliphatic rings. The van der Waals surface area contributed by atoms with E-state index < -0.39 is 16.8 Å². The molecule has 0 spiro atoms. The zero-order valence-corrected chi connectivity index (χ0v) is 10.9. The molecule has 3 rings (SSSR count). The molecule has 1 fully saturated rings. The van der Waals surface area contributed by atoms with Gasteiger partial charge < -0.3 is 10.4 Å². The van der Waals surface area contributed by atoms with Crippen molar-refractivity contribution in [2.75, 3.05) is 5.32 Å². The highest BCUT2D eigenvalue weighted by atomic mass is 16.6. The van der Waals surface area contributed by atoms with Crippen LogP contribution in [0.1, 0.15) is 19.3 Å². The molecule has 1 aromatic heterocycles. The van der Waals surface area contributed by atoms with Crippen molar-refractivity contribution in [2.45, 2.75) is 25.3 Å². The van der Waals surface area contributed by atoms with Crippen molar-refractivity contribution < 1.29 is 19.5 Å². The average Bonchev–Trinajstić information content (AvgIpc) is 3.06. The number of nitrogens with zero attached hydrogens (tertiary/aromatic N) is 3. The Labute approximate surface area is 118 Å². The van der Waals surface area contributed by atoms with Crippen molar-refractivity contribution in [3.63, 3.8) is 0 Å². The van der Waals surface area contributed by atoms with Gasteiger partial charge >= 0.3 is 11.7 Å². The number of rotatable bonds is 4. The first-order valence-electron chi connectivity index (χ1n) is 6.47. The molecule has 9 nitrogen and oxygen atoms in total. The maximum Gasteiger partial charge on any atom is 0.308 e. The number of aromatic nitrogens is 2. The monoisotopic (exact) mass is 292 g/mol. The molecule has 2 N–H and O–H groups in total. The first-order valence-corrected chi connectivity index (χ1v) is 6.47. The summed E-state index contributed by atoms with van der Waals surface area (Å²) in [6.07, 6.45) is 2.16. The SMILES string of the molecule is O=C(O)C1CCCC1Nc1ccc([N+](=O)[O-])c2nonc12. The maximum atomic E-state index is 11.2. The Kier molecular flexibility index (Phi) is 3.16. The van der Waals surface area contributed by atoms with Crippen LogP contribution in [0.5, 0.6) is 0 Å². The summed E-state index contributed by atoms with van der Waals surface area (Å²) in [5, 5.41) is 30.4. The van der Waals surface area contributed by atoms with Crippen molar-refractivity contribution in [1.82, 2.24) is 10.3 Å². The van der Waals surface area contributed by atoms with Crippen molar-refractivity contribution in [1.29, 1.82) is 0 Å². The Balaban J connectivity index is 1.95. The molecular weight excluding hydrogens is 280 g/mol. The number of fused-ring (bicyclic) bond motifs is 1. The molecule has 1 aromatic carbocycles. The van der Waals surface area contributed by atoms with Gasteiger partial charge in [-0.05, 0) is 29.2 Å². The molecule has 110 valence electrons. The lowest BCUT2D eigenvalue weighted by Crippen LogP contribution is -2.29. The molecule has 0 radical (unpaired) electrons. The Morgan fingerprint density at radius 2 is 2.14 bits per heavy atom. The number of carboxylic acid groups (broad SMARTS) is 1. The predicted octanol–water partition coefficient (Wildman–Crippen LogP) is 1.80. The van der Waals surface area contributed by atoms with E-state index in [1.165, 1.54) is 12.1 Å². The van der Waals surface area contributed by atoms with E-state index in [1.54, 1.807) is 0 Å². The van der Waals surface area contributed by atoms with Crippen LogP contribution in [0.3, 0.4) is 0 Å². The molecule has 2 aromatic rings. The molecule has 1 heterocycles. The number of nitrogens with one attached hydrogen (secondary N) is 1. The van der Waals surface area contributed by atoms with Crippen molar-refractivity contribution in [3.8, 4) is 0 Å². The number of hydrogen-bond acceptors (Lipinski definition) is 7. The van der Waals surface area contributed by atoms with Crippen molar-refractivity contribution in [2.24, 2.45) is 5.92 Å². The van der Waals surface area contributed by atoms with E-state index in [0.29, 0.717) is 12.1 Å². The third-order valence-corrected chi connectivity index (χ3v) is 3.76. The molecule has 2 atom stereocenters. The van der Waals surface area contributed by atoms with Gasteiger partial charge in [0.05, 0.1) is 16.5 Å². The zero-order chi connectivity index (χ0) is 15.0. The van der Waals surface area contributed by atoms with Gasteiger partial charge in [0.2, 0.25) is 5.52 Å². The third-order valence-electron chi connectivity index (χ3n) is 3.76. The molecule has 2 unspecified atom stereocenters. The average molecular weight is 292 g/mol. The van der Waals surface area contributed by atoms with Gasteiger partial charge in [0.1, 0.15) is 0 Å². The van der Waals surface area contributed by atoms with Gasteiger partial charge in [-0.25, -0.2) is 4.63 Å². The molecule has 1 aliphatic carbocycles. The predicted molar refractivity (Wildman–Crippen MR) is 70.8 cm³/mol. The quantitative estimate of drug-likeness (QED) is 0.644. The van der Waals surface area contributed by atoms with Crippen LogP contribution < -0.4 is 5.32 Å². The second-order valence-corrected chi connectivity index (χ2v) is 4.98. The first kappa shape index (κ1) is 13.3. The fourth-order valence-electron chi connectivity index (χ4n) is 2.75. The molecule has 0 aliphatic heterocycles. The van der Waals surface area contributed by atoms with Crippen LogP contribution in [0.15, 0.2) is 16.8 Å². The normalized spacial score (nSPS) is 21.5. The zero-order valence-electron chi connectivity index (χ0n) is 10.9. The molecule has 1 saturated carbocycles. The number of nitro groups is 1. The Morgan fingerprint density at radius 3 is 2.86 bits per heavy atom. The van der Waals surface area contributed by atoms with Crippen LogP contribution in [-0.4, -0.2) is 32.4 Å². The summed E-state index contributed by atoms with van der Waals surface area (Å²) in [4.78, 5) is 21.5. The van der Waals surface area contributed by atoms with Gasteiger partial charge in [0.25, 0.3) is 0 Å². The number of nitro benzene ring substituents is 1. The second kappa shape index (κ2) is 5.00. The number of non-ortho nitro benzene ring substituents is 1. The van der Waals surface area contributed by atoms with Crippen LogP contribution in [0.25, 0.3) is 11.0 Å². The van der Waals surface area contributed by atoms with E-state index >= 15 is 0 Å². The van der Waals surface area contributed by atoms with Crippen LogP contribution in [0.2, 0.25) is 0 Å². The lowest BCUT2D eigenvalue weighted by atomic mass is 10.0. The summed E-state index contributed by atoms with van der Waals surface area (Å²) >= 11 is 0. The Morgan fingerprint density at radius 1 is 1.38 bits per heavy atom. The van der Waals surface area contributed by atoms with Gasteiger partial charge in [-0.1, -0.05) is 6.42 Å². The summed E-state index contributed by atoms with van der Waals surface area (Å²) in [6, 6.07) is 2.57. The van der Waals surface area contributed by atoms with Gasteiger partial charge in [0, 0.05) is 12.1 Å². The highest BCUT2D eigenvalue weighted by molar-refractivity contribution is 5.93. The fraction of sp³-hybridized carbons (Fsp3) is 0.417. The summed E-state index contributed by atoms with van der Waals surface area (Å²) in [7, 11) is 0. The number of hydrogen-bond donors (Lipinski definition) is 2. The minimum Gasteiger partial charge on any atom is -0.481 e. The standard InChI is InChI=1S/C12H12N4O5/c17-12(18)6-2-1-3-7(6)13-8-4-5-9(16(19)20)11-10(8)14-21-15-11/h4-7,13H,1-3H2,(H,17,18). The van der Waals surface area contributed by atoms with Crippen LogP contribution in [0, 0.1) is 16.0 Å². The van der Waals surface area contributed by atoms with E-state index in [-0.39, 0.29) is 22.8 Å². The molecule has 0 bridgehead atoms. The number of carboxylic acids is 1. The number of carbonyl (C=O) groups is 1. The summed E-state index contributed by atoms with van der Waals surface area (Å²) in [6.45, 7) is 0. The second-order valence-electron chi connectivity index (χ2n) is 4.98. The molecule has 0 saturated heterocycles. The van der Waals surface area contributed by atoms with Gasteiger partial charge in [-0.3, -0.25) is 14.9 Å². The third kappa shape index (κ3) is 2.26. The lowest BCUT2D eigenvalue weighted by molar-refractivity contribution is -0.383. The number of benzene rings is 1. The van der Waals surface area contributed by atoms with Crippen LogP contribution >= 0.6 is 0 Å². The van der Waals surface area contributed by atoms with E-state index in [1.807, 2.05) is 0 Å². The smallest absolute Gasteiger partial charge is 0.308 e. The Hall–Kier alpha value is -2.71. The minimum atomic E-state index is -0.846. The van der Waals surface area contributed by atoms with Crippen molar-refractivity contribution in [3.05, 3.63) is 22.2 Å².